The minimum absolute atomic E-state index is 0.170. The van der Waals surface area contributed by atoms with Crippen LogP contribution in [0.25, 0.3) is 11.1 Å². The van der Waals surface area contributed by atoms with Gasteiger partial charge in [-0.05, 0) is 31.0 Å². The highest BCUT2D eigenvalue weighted by atomic mass is 16.3. The molecule has 5 heteroatoms. The SMILES string of the molecule is Nc1ccc2oc(CN(CCO)C3CCCC3)nc2c1. The summed E-state index contributed by atoms with van der Waals surface area (Å²) in [6.45, 7) is 1.50. The number of hydrogen-bond donors (Lipinski definition) is 2. The Morgan fingerprint density at radius 2 is 2.15 bits per heavy atom. The summed E-state index contributed by atoms with van der Waals surface area (Å²) in [5.41, 5.74) is 8.02. The van der Waals surface area contributed by atoms with Gasteiger partial charge < -0.3 is 15.3 Å². The third-order valence-electron chi connectivity index (χ3n) is 4.02. The van der Waals surface area contributed by atoms with E-state index < -0.39 is 0 Å². The third kappa shape index (κ3) is 2.78. The van der Waals surface area contributed by atoms with Gasteiger partial charge in [-0.25, -0.2) is 4.98 Å². The molecule has 20 heavy (non-hydrogen) atoms. The van der Waals surface area contributed by atoms with E-state index in [0.29, 0.717) is 30.7 Å². The van der Waals surface area contributed by atoms with Gasteiger partial charge in [-0.15, -0.1) is 0 Å². The maximum Gasteiger partial charge on any atom is 0.209 e. The maximum atomic E-state index is 9.24. The van der Waals surface area contributed by atoms with E-state index in [4.69, 9.17) is 10.2 Å². The zero-order chi connectivity index (χ0) is 13.9. The molecule has 3 N–H and O–H groups in total. The molecule has 1 saturated carbocycles. The van der Waals surface area contributed by atoms with Crippen LogP contribution < -0.4 is 5.73 Å². The Morgan fingerprint density at radius 3 is 2.90 bits per heavy atom. The number of aliphatic hydroxyl groups is 1. The molecule has 1 fully saturated rings. The lowest BCUT2D eigenvalue weighted by atomic mass is 10.2. The van der Waals surface area contributed by atoms with Crippen molar-refractivity contribution in [3.8, 4) is 0 Å². The molecule has 0 bridgehead atoms. The van der Waals surface area contributed by atoms with Crippen LogP contribution in [0.2, 0.25) is 0 Å². The van der Waals surface area contributed by atoms with E-state index in [1.54, 1.807) is 0 Å². The van der Waals surface area contributed by atoms with Crippen molar-refractivity contribution in [2.45, 2.75) is 38.3 Å². The largest absolute Gasteiger partial charge is 0.439 e. The molecule has 1 aliphatic carbocycles. The Balaban J connectivity index is 1.78. The van der Waals surface area contributed by atoms with Gasteiger partial charge in [0, 0.05) is 18.3 Å². The Morgan fingerprint density at radius 1 is 1.35 bits per heavy atom. The molecule has 0 atom stereocenters. The molecule has 1 aromatic carbocycles. The summed E-state index contributed by atoms with van der Waals surface area (Å²) in [5.74, 6) is 0.700. The molecule has 2 aromatic rings. The normalized spacial score (nSPS) is 16.5. The van der Waals surface area contributed by atoms with E-state index in [1.165, 1.54) is 25.7 Å². The predicted molar refractivity (Wildman–Crippen MR) is 78.2 cm³/mol. The number of rotatable bonds is 5. The van der Waals surface area contributed by atoms with Crippen LogP contribution in [-0.2, 0) is 6.54 Å². The second-order valence-corrected chi connectivity index (χ2v) is 5.47. The average Bonchev–Trinajstić information content (AvgIpc) is 3.06. The highest BCUT2D eigenvalue weighted by Gasteiger charge is 2.23. The summed E-state index contributed by atoms with van der Waals surface area (Å²) in [4.78, 5) is 6.78. The summed E-state index contributed by atoms with van der Waals surface area (Å²) in [5, 5.41) is 9.24. The predicted octanol–water partition coefficient (Wildman–Crippen LogP) is 2.15. The van der Waals surface area contributed by atoms with Crippen molar-refractivity contribution in [3.63, 3.8) is 0 Å². The summed E-state index contributed by atoms with van der Waals surface area (Å²) in [6, 6.07) is 6.04. The number of nitrogens with zero attached hydrogens (tertiary/aromatic N) is 2. The first-order valence-corrected chi connectivity index (χ1v) is 7.26. The van der Waals surface area contributed by atoms with Crippen LogP contribution in [0, 0.1) is 0 Å². The molecule has 0 unspecified atom stereocenters. The highest BCUT2D eigenvalue weighted by Crippen LogP contribution is 2.26. The molecular formula is C15H21N3O2. The molecule has 1 heterocycles. The zero-order valence-corrected chi connectivity index (χ0v) is 11.6. The van der Waals surface area contributed by atoms with E-state index in [9.17, 15) is 5.11 Å². The molecule has 1 aromatic heterocycles. The molecule has 0 saturated heterocycles. The van der Waals surface area contributed by atoms with Crippen LogP contribution >= 0.6 is 0 Å². The van der Waals surface area contributed by atoms with Gasteiger partial charge in [0.1, 0.15) is 5.52 Å². The molecule has 0 radical (unpaired) electrons. The van der Waals surface area contributed by atoms with E-state index >= 15 is 0 Å². The first-order valence-electron chi connectivity index (χ1n) is 7.26. The van der Waals surface area contributed by atoms with Gasteiger partial charge >= 0.3 is 0 Å². The Labute approximate surface area is 118 Å². The van der Waals surface area contributed by atoms with Crippen molar-refractivity contribution in [1.82, 2.24) is 9.88 Å². The van der Waals surface area contributed by atoms with E-state index in [0.717, 1.165) is 11.1 Å². The molecule has 108 valence electrons. The van der Waals surface area contributed by atoms with Crippen molar-refractivity contribution >= 4 is 16.8 Å². The van der Waals surface area contributed by atoms with Crippen molar-refractivity contribution in [1.29, 1.82) is 0 Å². The first kappa shape index (κ1) is 13.4. The number of nitrogen functional groups attached to an aromatic ring is 1. The lowest BCUT2D eigenvalue weighted by Gasteiger charge is -2.26. The fraction of sp³-hybridized carbons (Fsp3) is 0.533. The summed E-state index contributed by atoms with van der Waals surface area (Å²) < 4.78 is 5.77. The Hall–Kier alpha value is -1.59. The third-order valence-corrected chi connectivity index (χ3v) is 4.02. The number of fused-ring (bicyclic) bond motifs is 1. The Kier molecular flexibility index (Phi) is 3.89. The number of aromatic nitrogens is 1. The van der Waals surface area contributed by atoms with E-state index in [2.05, 4.69) is 9.88 Å². The summed E-state index contributed by atoms with van der Waals surface area (Å²) in [6.07, 6.45) is 4.95. The average molecular weight is 275 g/mol. The second kappa shape index (κ2) is 5.81. The molecular weight excluding hydrogens is 254 g/mol. The molecule has 0 spiro atoms. The van der Waals surface area contributed by atoms with Crippen LogP contribution in [0.15, 0.2) is 22.6 Å². The van der Waals surface area contributed by atoms with Crippen molar-refractivity contribution < 1.29 is 9.52 Å². The molecule has 0 aliphatic heterocycles. The highest BCUT2D eigenvalue weighted by molar-refractivity contribution is 5.76. The number of anilines is 1. The monoisotopic (exact) mass is 275 g/mol. The number of benzene rings is 1. The Bertz CT molecular complexity index is 576. The molecule has 5 nitrogen and oxygen atoms in total. The van der Waals surface area contributed by atoms with Gasteiger partial charge in [0.2, 0.25) is 5.89 Å². The van der Waals surface area contributed by atoms with Crippen molar-refractivity contribution in [3.05, 3.63) is 24.1 Å². The number of oxazole rings is 1. The number of aliphatic hydroxyl groups excluding tert-OH is 1. The molecule has 0 amide bonds. The fourth-order valence-corrected chi connectivity index (χ4v) is 3.02. The smallest absolute Gasteiger partial charge is 0.209 e. The maximum absolute atomic E-state index is 9.24. The first-order chi connectivity index (χ1) is 9.76. The van der Waals surface area contributed by atoms with Crippen LogP contribution in [0.4, 0.5) is 5.69 Å². The minimum atomic E-state index is 0.170. The van der Waals surface area contributed by atoms with Crippen molar-refractivity contribution in [2.24, 2.45) is 0 Å². The second-order valence-electron chi connectivity index (χ2n) is 5.47. The summed E-state index contributed by atoms with van der Waals surface area (Å²) >= 11 is 0. The molecule has 3 rings (SSSR count). The lowest BCUT2D eigenvalue weighted by Crippen LogP contribution is -2.35. The van der Waals surface area contributed by atoms with Gasteiger partial charge in [-0.1, -0.05) is 12.8 Å². The zero-order valence-electron chi connectivity index (χ0n) is 11.6. The van der Waals surface area contributed by atoms with Crippen LogP contribution in [0.5, 0.6) is 0 Å². The van der Waals surface area contributed by atoms with Gasteiger partial charge in [0.25, 0.3) is 0 Å². The van der Waals surface area contributed by atoms with E-state index in [1.807, 2.05) is 18.2 Å². The standard InChI is InChI=1S/C15H21N3O2/c16-11-5-6-14-13(9-11)17-15(20-14)10-18(7-8-19)12-3-1-2-4-12/h5-6,9,12,19H,1-4,7-8,10,16H2. The van der Waals surface area contributed by atoms with Gasteiger partial charge in [0.05, 0.1) is 13.2 Å². The fourth-order valence-electron chi connectivity index (χ4n) is 3.02. The number of hydrogen-bond acceptors (Lipinski definition) is 5. The van der Waals surface area contributed by atoms with Crippen LogP contribution in [0.1, 0.15) is 31.6 Å². The van der Waals surface area contributed by atoms with Gasteiger partial charge in [-0.2, -0.15) is 0 Å². The van der Waals surface area contributed by atoms with Crippen molar-refractivity contribution in [2.75, 3.05) is 18.9 Å². The van der Waals surface area contributed by atoms with Gasteiger partial charge in [-0.3, -0.25) is 4.90 Å². The van der Waals surface area contributed by atoms with E-state index in [-0.39, 0.29) is 6.61 Å². The summed E-state index contributed by atoms with van der Waals surface area (Å²) in [7, 11) is 0. The lowest BCUT2D eigenvalue weighted by molar-refractivity contribution is 0.134. The minimum Gasteiger partial charge on any atom is -0.439 e. The van der Waals surface area contributed by atoms with Crippen LogP contribution in [-0.4, -0.2) is 34.2 Å². The number of nitrogens with two attached hydrogens (primary N) is 1. The van der Waals surface area contributed by atoms with Gasteiger partial charge in [0.15, 0.2) is 5.58 Å². The molecule has 1 aliphatic rings. The quantitative estimate of drug-likeness (QED) is 0.818. The van der Waals surface area contributed by atoms with Crippen LogP contribution in [0.3, 0.4) is 0 Å². The topological polar surface area (TPSA) is 75.5 Å².